The lowest BCUT2D eigenvalue weighted by Crippen LogP contribution is -2.34. The Balaban J connectivity index is 1.69. The third-order valence-corrected chi connectivity index (χ3v) is 6.58. The van der Waals surface area contributed by atoms with Gasteiger partial charge in [0, 0.05) is 24.6 Å². The molecule has 0 aliphatic carbocycles. The van der Waals surface area contributed by atoms with Gasteiger partial charge in [0.05, 0.1) is 10.9 Å². The lowest BCUT2D eigenvalue weighted by molar-refractivity contribution is -0.114. The molecule has 0 bridgehead atoms. The van der Waals surface area contributed by atoms with Crippen molar-refractivity contribution in [3.05, 3.63) is 93.4 Å². The van der Waals surface area contributed by atoms with Gasteiger partial charge in [0.15, 0.2) is 5.50 Å². The lowest BCUT2D eigenvalue weighted by atomic mass is 10.1. The molecule has 2 N–H and O–H groups in total. The maximum atomic E-state index is 13.2. The number of aromatic nitrogens is 4. The van der Waals surface area contributed by atoms with Crippen molar-refractivity contribution in [2.24, 2.45) is 5.73 Å². The quantitative estimate of drug-likeness (QED) is 0.655. The monoisotopic (exact) mass is 422 g/mol. The minimum atomic E-state index is -0.505. The first kappa shape index (κ1) is 20.0. The molecule has 0 fully saturated rings. The first-order valence-electron chi connectivity index (χ1n) is 9.51. The molecule has 2 unspecified atom stereocenters. The fourth-order valence-corrected chi connectivity index (χ4v) is 4.73. The van der Waals surface area contributed by atoms with Gasteiger partial charge in [0.25, 0.3) is 5.91 Å². The van der Waals surface area contributed by atoms with Crippen molar-refractivity contribution < 1.29 is 4.79 Å². The molecule has 0 spiro atoms. The Morgan fingerprint density at radius 2 is 2.00 bits per heavy atom. The molecule has 30 heavy (non-hydrogen) atoms. The van der Waals surface area contributed by atoms with Crippen LogP contribution in [0.15, 0.2) is 76.6 Å². The van der Waals surface area contributed by atoms with Gasteiger partial charge in [0.2, 0.25) is 0 Å². The van der Waals surface area contributed by atoms with Crippen LogP contribution in [-0.4, -0.2) is 30.1 Å². The van der Waals surface area contributed by atoms with Crippen LogP contribution >= 0.6 is 11.8 Å². The highest BCUT2D eigenvalue weighted by molar-refractivity contribution is 8.04. The van der Waals surface area contributed by atoms with Crippen molar-refractivity contribution >= 4 is 17.7 Å². The van der Waals surface area contributed by atoms with E-state index in [0.717, 1.165) is 16.8 Å². The smallest absolute Gasteiger partial charge is 0.348 e. The lowest BCUT2D eigenvalue weighted by Gasteiger charge is -2.27. The van der Waals surface area contributed by atoms with E-state index in [1.807, 2.05) is 61.2 Å². The van der Waals surface area contributed by atoms with Crippen molar-refractivity contribution in [3.63, 3.8) is 0 Å². The summed E-state index contributed by atoms with van der Waals surface area (Å²) in [6.07, 6.45) is 4.99. The molecule has 1 aliphatic rings. The van der Waals surface area contributed by atoms with Crippen LogP contribution in [0.1, 0.15) is 36.5 Å². The Hall–Kier alpha value is -3.33. The normalized spacial score (nSPS) is 17.4. The van der Waals surface area contributed by atoms with Gasteiger partial charge in [-0.2, -0.15) is 5.10 Å². The summed E-state index contributed by atoms with van der Waals surface area (Å²) in [5.74, 6) is -0.505. The van der Waals surface area contributed by atoms with Gasteiger partial charge in [-0.15, -0.1) is 0 Å². The number of allylic oxidation sites excluding steroid dienone is 1. The fraction of sp³-hybridized carbons (Fsp3) is 0.238. The SMILES string of the molecule is CC1=C(C(N)=O)SC(n2cnn(C(C)c3ccccc3)c2=O)N1Cc1cccnc1. The topological polar surface area (TPSA) is 99.0 Å². The third-order valence-electron chi connectivity index (χ3n) is 5.15. The number of hydrogen-bond donors (Lipinski definition) is 1. The van der Waals surface area contributed by atoms with Gasteiger partial charge in [-0.3, -0.25) is 14.3 Å². The second kappa shape index (κ2) is 8.19. The predicted molar refractivity (Wildman–Crippen MR) is 115 cm³/mol. The van der Waals surface area contributed by atoms with E-state index >= 15 is 0 Å². The van der Waals surface area contributed by atoms with Gasteiger partial charge in [0.1, 0.15) is 6.33 Å². The van der Waals surface area contributed by atoms with E-state index in [4.69, 9.17) is 5.73 Å². The summed E-state index contributed by atoms with van der Waals surface area (Å²) in [5, 5.41) is 4.35. The molecule has 0 saturated heterocycles. The van der Waals surface area contributed by atoms with Crippen molar-refractivity contribution in [2.45, 2.75) is 31.9 Å². The molecule has 8 nitrogen and oxygen atoms in total. The summed E-state index contributed by atoms with van der Waals surface area (Å²) in [6.45, 7) is 4.26. The van der Waals surface area contributed by atoms with Crippen LogP contribution in [0.5, 0.6) is 0 Å². The van der Waals surface area contributed by atoms with Crippen molar-refractivity contribution in [3.8, 4) is 0 Å². The van der Waals surface area contributed by atoms with Gasteiger partial charge < -0.3 is 10.6 Å². The number of thioether (sulfide) groups is 1. The van der Waals surface area contributed by atoms with Crippen molar-refractivity contribution in [1.82, 2.24) is 24.2 Å². The summed E-state index contributed by atoms with van der Waals surface area (Å²) in [4.78, 5) is 31.8. The zero-order valence-corrected chi connectivity index (χ0v) is 17.5. The molecule has 3 heterocycles. The molecule has 9 heteroatoms. The molecule has 0 radical (unpaired) electrons. The third kappa shape index (κ3) is 3.63. The molecule has 4 rings (SSSR count). The minimum absolute atomic E-state index is 0.220. The van der Waals surface area contributed by atoms with Crippen LogP contribution in [0, 0.1) is 0 Å². The molecule has 3 aromatic rings. The highest BCUT2D eigenvalue weighted by atomic mass is 32.2. The van der Waals surface area contributed by atoms with Crippen LogP contribution in [0.2, 0.25) is 0 Å². The zero-order chi connectivity index (χ0) is 21.3. The number of rotatable bonds is 6. The number of pyridine rings is 1. The molecule has 2 aromatic heterocycles. The summed E-state index contributed by atoms with van der Waals surface area (Å²) in [7, 11) is 0. The molecular weight excluding hydrogens is 400 g/mol. The van der Waals surface area contributed by atoms with Gasteiger partial charge in [-0.1, -0.05) is 48.2 Å². The fourth-order valence-electron chi connectivity index (χ4n) is 3.50. The van der Waals surface area contributed by atoms with E-state index < -0.39 is 11.4 Å². The largest absolute Gasteiger partial charge is 0.365 e. The second-order valence-electron chi connectivity index (χ2n) is 7.06. The minimum Gasteiger partial charge on any atom is -0.365 e. The van der Waals surface area contributed by atoms with Crippen molar-refractivity contribution in [1.29, 1.82) is 0 Å². The standard InChI is InChI=1S/C21H22N6O2S/c1-14(17-8-4-3-5-9-17)27-20(29)26(13-24-27)21-25(12-16-7-6-10-23-11-16)15(2)18(30-21)19(22)28/h3-11,13-14,21H,12H2,1-2H3,(H2,22,28). The number of carbonyl (C=O) groups is 1. The van der Waals surface area contributed by atoms with E-state index in [9.17, 15) is 9.59 Å². The Morgan fingerprint density at radius 3 is 2.67 bits per heavy atom. The first-order chi connectivity index (χ1) is 14.5. The molecule has 0 saturated carbocycles. The molecule has 1 aromatic carbocycles. The van der Waals surface area contributed by atoms with E-state index in [1.54, 1.807) is 17.0 Å². The predicted octanol–water partition coefficient (Wildman–Crippen LogP) is 2.47. The molecule has 2 atom stereocenters. The van der Waals surface area contributed by atoms with E-state index in [0.29, 0.717) is 11.4 Å². The Bertz CT molecular complexity index is 1140. The summed E-state index contributed by atoms with van der Waals surface area (Å²) >= 11 is 1.26. The number of carbonyl (C=O) groups excluding carboxylic acids is 1. The van der Waals surface area contributed by atoms with Crippen LogP contribution in [0.4, 0.5) is 0 Å². The molecule has 1 aliphatic heterocycles. The average Bonchev–Trinajstić information content (AvgIpc) is 3.29. The second-order valence-corrected chi connectivity index (χ2v) is 8.13. The number of nitrogens with two attached hydrogens (primary N) is 1. The Labute approximate surface area is 178 Å². The Morgan fingerprint density at radius 1 is 1.23 bits per heavy atom. The maximum Gasteiger partial charge on any atom is 0.348 e. The summed E-state index contributed by atoms with van der Waals surface area (Å²) < 4.78 is 3.00. The molecule has 1 amide bonds. The highest BCUT2D eigenvalue weighted by Gasteiger charge is 2.35. The summed E-state index contributed by atoms with van der Waals surface area (Å²) in [5.41, 5.74) is 7.56. The van der Waals surface area contributed by atoms with Crippen LogP contribution in [-0.2, 0) is 11.3 Å². The number of amides is 1. The van der Waals surface area contributed by atoms with Crippen LogP contribution in [0.25, 0.3) is 0 Å². The molecule has 154 valence electrons. The number of primary amides is 1. The van der Waals surface area contributed by atoms with E-state index in [-0.39, 0.29) is 11.7 Å². The number of nitrogens with zero attached hydrogens (tertiary/aromatic N) is 5. The summed E-state index contributed by atoms with van der Waals surface area (Å²) in [6, 6.07) is 13.3. The average molecular weight is 423 g/mol. The van der Waals surface area contributed by atoms with Crippen LogP contribution in [0.3, 0.4) is 0 Å². The van der Waals surface area contributed by atoms with Crippen molar-refractivity contribution in [2.75, 3.05) is 0 Å². The van der Waals surface area contributed by atoms with Gasteiger partial charge >= 0.3 is 5.69 Å². The maximum absolute atomic E-state index is 13.2. The zero-order valence-electron chi connectivity index (χ0n) is 16.7. The van der Waals surface area contributed by atoms with Crippen LogP contribution < -0.4 is 11.4 Å². The highest BCUT2D eigenvalue weighted by Crippen LogP contribution is 2.44. The Kier molecular flexibility index (Phi) is 5.45. The first-order valence-corrected chi connectivity index (χ1v) is 10.4. The number of hydrogen-bond acceptors (Lipinski definition) is 6. The molecular formula is C21H22N6O2S. The van der Waals surface area contributed by atoms with E-state index in [2.05, 4.69) is 10.1 Å². The van der Waals surface area contributed by atoms with E-state index in [1.165, 1.54) is 22.8 Å². The number of benzene rings is 1. The van der Waals surface area contributed by atoms with Gasteiger partial charge in [-0.25, -0.2) is 9.48 Å². The van der Waals surface area contributed by atoms with Gasteiger partial charge in [-0.05, 0) is 31.0 Å².